The predicted molar refractivity (Wildman–Crippen MR) is 89.6 cm³/mol. The number of aromatic nitrogens is 4. The van der Waals surface area contributed by atoms with Gasteiger partial charge in [0.1, 0.15) is 0 Å². The molecule has 0 aliphatic heterocycles. The number of tetrazole rings is 1. The van der Waals surface area contributed by atoms with Crippen LogP contribution in [0.4, 0.5) is 0 Å². The highest BCUT2D eigenvalue weighted by atomic mass is 32.2. The summed E-state index contributed by atoms with van der Waals surface area (Å²) < 4.78 is 1.68. The SMILES string of the molecule is Cc1cccc(-n2nnnc2SC(C)C(=O)NC2CCCC2)c1. The molecule has 7 heteroatoms. The Bertz CT molecular complexity index is 681. The first-order valence-electron chi connectivity index (χ1n) is 7.96. The minimum atomic E-state index is -0.231. The van der Waals surface area contributed by atoms with Crippen LogP contribution in [-0.4, -0.2) is 37.4 Å². The highest BCUT2D eigenvalue weighted by Crippen LogP contribution is 2.24. The summed E-state index contributed by atoms with van der Waals surface area (Å²) in [6, 6.07) is 8.30. The maximum absolute atomic E-state index is 12.3. The fraction of sp³-hybridized carbons (Fsp3) is 0.500. The summed E-state index contributed by atoms with van der Waals surface area (Å²) >= 11 is 1.38. The minimum absolute atomic E-state index is 0.0562. The van der Waals surface area contributed by atoms with Gasteiger partial charge in [0.2, 0.25) is 11.1 Å². The summed E-state index contributed by atoms with van der Waals surface area (Å²) in [5, 5.41) is 15.4. The third-order valence-electron chi connectivity index (χ3n) is 4.04. The van der Waals surface area contributed by atoms with Gasteiger partial charge >= 0.3 is 0 Å². The highest BCUT2D eigenvalue weighted by Gasteiger charge is 2.23. The van der Waals surface area contributed by atoms with Gasteiger partial charge in [0.25, 0.3) is 0 Å². The number of carbonyl (C=O) groups is 1. The van der Waals surface area contributed by atoms with Crippen LogP contribution in [0.2, 0.25) is 0 Å². The van der Waals surface area contributed by atoms with Crippen LogP contribution in [0, 0.1) is 6.92 Å². The molecule has 3 rings (SSSR count). The number of hydrogen-bond donors (Lipinski definition) is 1. The van der Waals surface area contributed by atoms with Crippen molar-refractivity contribution in [2.45, 2.75) is 56.0 Å². The fourth-order valence-electron chi connectivity index (χ4n) is 2.77. The zero-order chi connectivity index (χ0) is 16.2. The average Bonchev–Trinajstić information content (AvgIpc) is 3.18. The molecular weight excluding hydrogens is 310 g/mol. The molecule has 6 nitrogen and oxygen atoms in total. The van der Waals surface area contributed by atoms with E-state index in [0.717, 1.165) is 24.1 Å². The van der Waals surface area contributed by atoms with Crippen LogP contribution in [0.5, 0.6) is 0 Å². The number of benzene rings is 1. The van der Waals surface area contributed by atoms with E-state index >= 15 is 0 Å². The Balaban J connectivity index is 1.68. The van der Waals surface area contributed by atoms with Crippen LogP contribution in [0.25, 0.3) is 5.69 Å². The minimum Gasteiger partial charge on any atom is -0.352 e. The van der Waals surface area contributed by atoms with Crippen molar-refractivity contribution in [1.82, 2.24) is 25.5 Å². The molecule has 1 aliphatic rings. The Morgan fingerprint density at radius 1 is 1.39 bits per heavy atom. The topological polar surface area (TPSA) is 72.7 Å². The molecule has 0 saturated heterocycles. The molecule has 1 N–H and O–H groups in total. The predicted octanol–water partition coefficient (Wildman–Crippen LogP) is 2.51. The van der Waals surface area contributed by atoms with Gasteiger partial charge in [0, 0.05) is 6.04 Å². The second-order valence-corrected chi connectivity index (χ2v) is 7.27. The van der Waals surface area contributed by atoms with Gasteiger partial charge in [-0.1, -0.05) is 36.7 Å². The molecule has 1 saturated carbocycles. The third-order valence-corrected chi connectivity index (χ3v) is 5.07. The zero-order valence-electron chi connectivity index (χ0n) is 13.4. The van der Waals surface area contributed by atoms with Crippen LogP contribution >= 0.6 is 11.8 Å². The summed E-state index contributed by atoms with van der Waals surface area (Å²) in [6.07, 6.45) is 4.59. The molecule has 0 spiro atoms. The molecule has 23 heavy (non-hydrogen) atoms. The molecule has 122 valence electrons. The van der Waals surface area contributed by atoms with Gasteiger partial charge in [-0.05, 0) is 54.8 Å². The summed E-state index contributed by atoms with van der Waals surface area (Å²) in [5.41, 5.74) is 2.04. The van der Waals surface area contributed by atoms with Crippen molar-refractivity contribution >= 4 is 17.7 Å². The normalized spacial score (nSPS) is 16.4. The number of nitrogens with zero attached hydrogens (tertiary/aromatic N) is 4. The molecule has 1 aromatic heterocycles. The van der Waals surface area contributed by atoms with Gasteiger partial charge in [0.05, 0.1) is 10.9 Å². The molecule has 0 radical (unpaired) electrons. The van der Waals surface area contributed by atoms with Crippen molar-refractivity contribution in [2.75, 3.05) is 0 Å². The Labute approximate surface area is 140 Å². The smallest absolute Gasteiger partial charge is 0.233 e. The van der Waals surface area contributed by atoms with Crippen molar-refractivity contribution in [2.24, 2.45) is 0 Å². The first-order chi connectivity index (χ1) is 11.1. The van der Waals surface area contributed by atoms with Gasteiger partial charge in [0.15, 0.2) is 0 Å². The third kappa shape index (κ3) is 3.90. The monoisotopic (exact) mass is 331 g/mol. The largest absolute Gasteiger partial charge is 0.352 e. The summed E-state index contributed by atoms with van der Waals surface area (Å²) in [5.74, 6) is 0.0562. The Kier molecular flexibility index (Phi) is 4.95. The number of nitrogens with one attached hydrogen (secondary N) is 1. The molecule has 1 aromatic carbocycles. The summed E-state index contributed by atoms with van der Waals surface area (Å²) in [4.78, 5) is 12.3. The van der Waals surface area contributed by atoms with Gasteiger partial charge in [-0.25, -0.2) is 0 Å². The Hall–Kier alpha value is -1.89. The Morgan fingerprint density at radius 3 is 2.91 bits per heavy atom. The summed E-state index contributed by atoms with van der Waals surface area (Å²) in [7, 11) is 0. The molecule has 0 bridgehead atoms. The number of rotatable bonds is 5. The number of thioether (sulfide) groups is 1. The number of amides is 1. The maximum atomic E-state index is 12.3. The van der Waals surface area contributed by atoms with E-state index in [1.807, 2.05) is 38.1 Å². The van der Waals surface area contributed by atoms with Crippen molar-refractivity contribution in [1.29, 1.82) is 0 Å². The zero-order valence-corrected chi connectivity index (χ0v) is 14.2. The fourth-order valence-corrected chi connectivity index (χ4v) is 3.59. The van der Waals surface area contributed by atoms with E-state index in [4.69, 9.17) is 0 Å². The van der Waals surface area contributed by atoms with E-state index in [9.17, 15) is 4.79 Å². The van der Waals surface area contributed by atoms with Gasteiger partial charge in [-0.2, -0.15) is 4.68 Å². The van der Waals surface area contributed by atoms with Crippen LogP contribution in [-0.2, 0) is 4.79 Å². The molecule has 1 amide bonds. The van der Waals surface area contributed by atoms with Crippen LogP contribution in [0.1, 0.15) is 38.2 Å². The first kappa shape index (κ1) is 16.0. The second kappa shape index (κ2) is 7.12. The first-order valence-corrected chi connectivity index (χ1v) is 8.84. The molecule has 1 fully saturated rings. The van der Waals surface area contributed by atoms with Crippen molar-refractivity contribution < 1.29 is 4.79 Å². The van der Waals surface area contributed by atoms with E-state index in [2.05, 4.69) is 20.8 Å². The van der Waals surface area contributed by atoms with E-state index in [0.29, 0.717) is 11.2 Å². The maximum Gasteiger partial charge on any atom is 0.233 e. The van der Waals surface area contributed by atoms with Crippen molar-refractivity contribution in [3.63, 3.8) is 0 Å². The summed E-state index contributed by atoms with van der Waals surface area (Å²) in [6.45, 7) is 3.92. The van der Waals surface area contributed by atoms with Crippen LogP contribution < -0.4 is 5.32 Å². The average molecular weight is 331 g/mol. The van der Waals surface area contributed by atoms with Gasteiger partial charge in [-0.15, -0.1) is 5.10 Å². The number of hydrogen-bond acceptors (Lipinski definition) is 5. The molecule has 1 unspecified atom stereocenters. The van der Waals surface area contributed by atoms with Gasteiger partial charge in [-0.3, -0.25) is 4.79 Å². The van der Waals surface area contributed by atoms with Crippen LogP contribution in [0.15, 0.2) is 29.4 Å². The molecule has 1 heterocycles. The van der Waals surface area contributed by atoms with Crippen LogP contribution in [0.3, 0.4) is 0 Å². The van der Waals surface area contributed by atoms with E-state index in [1.165, 1.54) is 24.6 Å². The van der Waals surface area contributed by atoms with E-state index < -0.39 is 0 Å². The Morgan fingerprint density at radius 2 is 2.17 bits per heavy atom. The van der Waals surface area contributed by atoms with E-state index in [-0.39, 0.29) is 11.2 Å². The molecular formula is C16H21N5OS. The standard InChI is InChI=1S/C16H21N5OS/c1-11-6-5-9-14(10-11)21-16(18-19-20-21)23-12(2)15(22)17-13-7-3-4-8-13/h5-6,9-10,12-13H,3-4,7-8H2,1-2H3,(H,17,22). The number of carbonyl (C=O) groups excluding carboxylic acids is 1. The van der Waals surface area contributed by atoms with Crippen molar-refractivity contribution in [3.05, 3.63) is 29.8 Å². The van der Waals surface area contributed by atoms with E-state index in [1.54, 1.807) is 4.68 Å². The molecule has 2 aromatic rings. The van der Waals surface area contributed by atoms with Gasteiger partial charge < -0.3 is 5.32 Å². The highest BCUT2D eigenvalue weighted by molar-refractivity contribution is 8.00. The van der Waals surface area contributed by atoms with Crippen molar-refractivity contribution in [3.8, 4) is 5.69 Å². The lowest BCUT2D eigenvalue weighted by molar-refractivity contribution is -0.120. The lowest BCUT2D eigenvalue weighted by Crippen LogP contribution is -2.37. The second-order valence-electron chi connectivity index (χ2n) is 5.96. The lowest BCUT2D eigenvalue weighted by Gasteiger charge is -2.16. The quantitative estimate of drug-likeness (QED) is 0.852. The molecule has 1 atom stereocenters. The lowest BCUT2D eigenvalue weighted by atomic mass is 10.2. The number of aryl methyl sites for hydroxylation is 1. The molecule has 1 aliphatic carbocycles.